The first-order chi connectivity index (χ1) is 4.85. The van der Waals surface area contributed by atoms with Crippen LogP contribution in [0.3, 0.4) is 0 Å². The summed E-state index contributed by atoms with van der Waals surface area (Å²) in [5.41, 5.74) is 5.99. The van der Waals surface area contributed by atoms with Crippen LogP contribution in [-0.2, 0) is 0 Å². The highest BCUT2D eigenvalue weighted by atomic mass is 15.7. The lowest BCUT2D eigenvalue weighted by Gasteiger charge is -2.18. The quantitative estimate of drug-likeness (QED) is 0.338. The Morgan fingerprint density at radius 1 is 1.20 bits per heavy atom. The van der Waals surface area contributed by atoms with Crippen LogP contribution in [-0.4, -0.2) is 38.8 Å². The number of hydrogen-bond donors (Lipinski definition) is 3. The van der Waals surface area contributed by atoms with Gasteiger partial charge in [-0.15, -0.1) is 0 Å². The first-order valence-electron chi connectivity index (χ1n) is 3.68. The zero-order valence-electron chi connectivity index (χ0n) is 7.07. The van der Waals surface area contributed by atoms with Crippen LogP contribution in [0.15, 0.2) is 0 Å². The second kappa shape index (κ2) is 6.95. The number of likely N-dealkylation sites (N-methyl/N-ethyl adjacent to an activating group) is 1. The first-order valence-corrected chi connectivity index (χ1v) is 3.68. The number of nitrogens with one attached hydrogen (secondary N) is 3. The topological polar surface area (TPSA) is 39.3 Å². The molecule has 0 radical (unpaired) electrons. The van der Waals surface area contributed by atoms with Crippen LogP contribution in [0.25, 0.3) is 0 Å². The Hall–Kier alpha value is -0.160. The van der Waals surface area contributed by atoms with Crippen molar-refractivity contribution in [3.05, 3.63) is 0 Å². The molecule has 0 aromatic carbocycles. The van der Waals surface area contributed by atoms with E-state index in [1.54, 1.807) is 0 Å². The highest BCUT2D eigenvalue weighted by Crippen LogP contribution is 1.69. The van der Waals surface area contributed by atoms with E-state index in [9.17, 15) is 0 Å². The fraction of sp³-hybridized carbons (Fsp3) is 1.00. The molecule has 0 unspecified atom stereocenters. The molecule has 0 aliphatic heterocycles. The van der Waals surface area contributed by atoms with Crippen molar-refractivity contribution in [1.29, 1.82) is 0 Å². The van der Waals surface area contributed by atoms with Gasteiger partial charge in [0.15, 0.2) is 0 Å². The van der Waals surface area contributed by atoms with Crippen molar-refractivity contribution in [2.75, 3.05) is 33.7 Å². The van der Waals surface area contributed by atoms with Gasteiger partial charge in [-0.05, 0) is 6.54 Å². The van der Waals surface area contributed by atoms with E-state index in [-0.39, 0.29) is 0 Å². The van der Waals surface area contributed by atoms with Gasteiger partial charge in [0.2, 0.25) is 0 Å². The molecule has 0 bridgehead atoms. The molecule has 10 heavy (non-hydrogen) atoms. The van der Waals surface area contributed by atoms with Gasteiger partial charge in [0.1, 0.15) is 0 Å². The summed E-state index contributed by atoms with van der Waals surface area (Å²) < 4.78 is 0. The lowest BCUT2D eigenvalue weighted by Crippen LogP contribution is -2.47. The minimum absolute atomic E-state index is 0.959. The van der Waals surface area contributed by atoms with Crippen LogP contribution in [0.5, 0.6) is 0 Å². The zero-order chi connectivity index (χ0) is 7.82. The molecular weight excluding hydrogens is 128 g/mol. The minimum Gasteiger partial charge on any atom is -0.316 e. The third-order valence-corrected chi connectivity index (χ3v) is 1.30. The van der Waals surface area contributed by atoms with E-state index < -0.39 is 0 Å². The van der Waals surface area contributed by atoms with E-state index >= 15 is 0 Å². The van der Waals surface area contributed by atoms with Gasteiger partial charge in [-0.2, -0.15) is 5.12 Å². The Morgan fingerprint density at radius 3 is 2.20 bits per heavy atom. The van der Waals surface area contributed by atoms with Crippen LogP contribution in [0.1, 0.15) is 6.92 Å². The zero-order valence-corrected chi connectivity index (χ0v) is 7.07. The molecule has 4 nitrogen and oxygen atoms in total. The van der Waals surface area contributed by atoms with Crippen LogP contribution in [0.2, 0.25) is 0 Å². The lowest BCUT2D eigenvalue weighted by atomic mass is 10.6. The molecule has 0 rings (SSSR count). The van der Waals surface area contributed by atoms with E-state index in [4.69, 9.17) is 0 Å². The molecule has 4 heteroatoms. The fourth-order valence-corrected chi connectivity index (χ4v) is 0.703. The Bertz CT molecular complexity index is 62.8. The van der Waals surface area contributed by atoms with Crippen LogP contribution in [0.4, 0.5) is 0 Å². The predicted molar refractivity (Wildman–Crippen MR) is 43.4 cm³/mol. The van der Waals surface area contributed by atoms with Crippen LogP contribution in [0, 0.1) is 0 Å². The molecule has 3 N–H and O–H groups in total. The lowest BCUT2D eigenvalue weighted by molar-refractivity contribution is 0.147. The van der Waals surface area contributed by atoms with Crippen molar-refractivity contribution in [2.45, 2.75) is 6.92 Å². The molecule has 0 atom stereocenters. The summed E-state index contributed by atoms with van der Waals surface area (Å²) in [6.45, 7) is 5.09. The van der Waals surface area contributed by atoms with Crippen molar-refractivity contribution in [2.24, 2.45) is 0 Å². The Kier molecular flexibility index (Phi) is 6.84. The SMILES string of the molecule is CCNCCN(NC)NC. The normalized spacial score (nSPS) is 10.8. The molecule has 0 aromatic heterocycles. The van der Waals surface area contributed by atoms with E-state index in [1.807, 2.05) is 19.2 Å². The van der Waals surface area contributed by atoms with E-state index in [2.05, 4.69) is 23.1 Å². The van der Waals surface area contributed by atoms with Gasteiger partial charge in [-0.3, -0.25) is 0 Å². The van der Waals surface area contributed by atoms with Crippen molar-refractivity contribution in [1.82, 2.24) is 21.3 Å². The Balaban J connectivity index is 3.09. The average Bonchev–Trinajstić information content (AvgIpc) is 1.99. The summed E-state index contributed by atoms with van der Waals surface area (Å²) in [4.78, 5) is 0. The maximum absolute atomic E-state index is 3.23. The number of hydrogen-bond acceptors (Lipinski definition) is 4. The molecular formula is C6H18N4. The highest BCUT2D eigenvalue weighted by molar-refractivity contribution is 4.46. The summed E-state index contributed by atoms with van der Waals surface area (Å²) in [6.07, 6.45) is 0. The largest absolute Gasteiger partial charge is 0.316 e. The van der Waals surface area contributed by atoms with Crippen molar-refractivity contribution >= 4 is 0 Å². The number of rotatable bonds is 6. The average molecular weight is 146 g/mol. The fourth-order valence-electron chi connectivity index (χ4n) is 0.703. The van der Waals surface area contributed by atoms with Crippen LogP contribution >= 0.6 is 0 Å². The van der Waals surface area contributed by atoms with Gasteiger partial charge >= 0.3 is 0 Å². The third-order valence-electron chi connectivity index (χ3n) is 1.30. The van der Waals surface area contributed by atoms with Gasteiger partial charge in [0, 0.05) is 27.2 Å². The Morgan fingerprint density at radius 2 is 1.80 bits per heavy atom. The van der Waals surface area contributed by atoms with Gasteiger partial charge in [0.05, 0.1) is 0 Å². The monoisotopic (exact) mass is 146 g/mol. The summed E-state index contributed by atoms with van der Waals surface area (Å²) in [6, 6.07) is 0. The number of nitrogens with zero attached hydrogens (tertiary/aromatic N) is 1. The molecule has 0 amide bonds. The summed E-state index contributed by atoms with van der Waals surface area (Å²) in [5, 5.41) is 5.14. The van der Waals surface area contributed by atoms with Gasteiger partial charge in [0.25, 0.3) is 0 Å². The molecule has 0 spiro atoms. The second-order valence-corrected chi connectivity index (χ2v) is 1.95. The summed E-state index contributed by atoms with van der Waals surface area (Å²) in [5.74, 6) is 0. The standard InChI is InChI=1S/C6H18N4/c1-4-9-5-6-10(7-2)8-3/h7-9H,4-6H2,1-3H3. The molecule has 0 fully saturated rings. The maximum atomic E-state index is 3.23. The predicted octanol–water partition coefficient (Wildman–Crippen LogP) is -0.833. The molecule has 0 heterocycles. The first kappa shape index (κ1) is 9.84. The van der Waals surface area contributed by atoms with E-state index in [1.165, 1.54) is 0 Å². The van der Waals surface area contributed by atoms with Crippen molar-refractivity contribution < 1.29 is 0 Å². The molecule has 0 aromatic rings. The minimum atomic E-state index is 0.959. The summed E-state index contributed by atoms with van der Waals surface area (Å²) in [7, 11) is 3.78. The van der Waals surface area contributed by atoms with Gasteiger partial charge < -0.3 is 5.32 Å². The van der Waals surface area contributed by atoms with Gasteiger partial charge in [-0.25, -0.2) is 10.9 Å². The molecule has 0 saturated carbocycles. The van der Waals surface area contributed by atoms with Crippen molar-refractivity contribution in [3.8, 4) is 0 Å². The molecule has 0 aliphatic rings. The van der Waals surface area contributed by atoms with Gasteiger partial charge in [-0.1, -0.05) is 6.92 Å². The molecule has 62 valence electrons. The molecule has 0 aliphatic carbocycles. The second-order valence-electron chi connectivity index (χ2n) is 1.95. The maximum Gasteiger partial charge on any atom is 0.0413 e. The number of hydrazine groups is 2. The highest BCUT2D eigenvalue weighted by Gasteiger charge is 1.94. The summed E-state index contributed by atoms with van der Waals surface area (Å²) >= 11 is 0. The molecule has 0 saturated heterocycles. The Labute approximate surface area is 62.9 Å². The van der Waals surface area contributed by atoms with Crippen LogP contribution < -0.4 is 16.2 Å². The van der Waals surface area contributed by atoms with E-state index in [0.29, 0.717) is 0 Å². The third kappa shape index (κ3) is 4.69. The smallest absolute Gasteiger partial charge is 0.0413 e. The van der Waals surface area contributed by atoms with E-state index in [0.717, 1.165) is 19.6 Å². The van der Waals surface area contributed by atoms with Crippen molar-refractivity contribution in [3.63, 3.8) is 0 Å².